The molecule has 21 heavy (non-hydrogen) atoms. The lowest BCUT2D eigenvalue weighted by Crippen LogP contribution is -2.17. The molecule has 0 fully saturated rings. The highest BCUT2D eigenvalue weighted by Gasteiger charge is 2.18. The molecule has 0 radical (unpaired) electrons. The third-order valence-corrected chi connectivity index (χ3v) is 3.34. The van der Waals surface area contributed by atoms with Crippen LogP contribution < -0.4 is 5.32 Å². The molecular weight excluding hydrogens is 337 g/mol. The lowest BCUT2D eigenvalue weighted by atomic mass is 10.2. The molecule has 1 N–H and O–H groups in total. The zero-order valence-electron chi connectivity index (χ0n) is 11.1. The van der Waals surface area contributed by atoms with E-state index in [4.69, 9.17) is 34.8 Å². The van der Waals surface area contributed by atoms with Crippen LogP contribution in [0.3, 0.4) is 0 Å². The van der Waals surface area contributed by atoms with Gasteiger partial charge in [0.2, 0.25) is 0 Å². The number of hydrogen-bond donors (Lipinski definition) is 1. The van der Waals surface area contributed by atoms with E-state index in [0.717, 1.165) is 0 Å². The van der Waals surface area contributed by atoms with E-state index < -0.39 is 5.91 Å². The Balaban J connectivity index is 2.35. The number of carbonyl (C=O) groups excluding carboxylic acids is 1. The number of rotatable bonds is 3. The minimum Gasteiger partial charge on any atom is -0.315 e. The third kappa shape index (κ3) is 3.58. The zero-order valence-corrected chi connectivity index (χ0v) is 13.3. The molecule has 110 valence electrons. The van der Waals surface area contributed by atoms with Gasteiger partial charge in [0.25, 0.3) is 5.91 Å². The lowest BCUT2D eigenvalue weighted by Gasteiger charge is -2.10. The summed E-state index contributed by atoms with van der Waals surface area (Å²) in [5.74, 6) is -0.00462. The van der Waals surface area contributed by atoms with Crippen molar-refractivity contribution in [3.05, 3.63) is 39.4 Å². The Kier molecular flexibility index (Phi) is 4.92. The number of halogens is 3. The number of hydrogen-bond acceptors (Lipinski definition) is 5. The van der Waals surface area contributed by atoms with Gasteiger partial charge in [-0.2, -0.15) is 0 Å². The number of carbonyl (C=O) groups is 1. The zero-order chi connectivity index (χ0) is 15.6. The van der Waals surface area contributed by atoms with Crippen LogP contribution in [0.2, 0.25) is 15.3 Å². The maximum absolute atomic E-state index is 12.3. The quantitative estimate of drug-likeness (QED) is 0.859. The highest BCUT2D eigenvalue weighted by molar-refractivity contribution is 6.39. The van der Waals surface area contributed by atoms with Crippen molar-refractivity contribution in [1.29, 1.82) is 0 Å². The number of anilines is 1. The molecule has 2 rings (SSSR count). The summed E-state index contributed by atoms with van der Waals surface area (Å²) < 4.78 is 0. The van der Waals surface area contributed by atoms with Gasteiger partial charge in [-0.1, -0.05) is 48.7 Å². The molecule has 6 nitrogen and oxygen atoms in total. The van der Waals surface area contributed by atoms with Crippen molar-refractivity contribution in [1.82, 2.24) is 19.9 Å². The second-order valence-corrected chi connectivity index (χ2v) is 5.49. The fourth-order valence-electron chi connectivity index (χ4n) is 1.44. The minimum absolute atomic E-state index is 0.0256. The smallest absolute Gasteiger partial charge is 0.276 e. The van der Waals surface area contributed by atoms with Crippen molar-refractivity contribution in [3.63, 3.8) is 0 Å². The summed E-state index contributed by atoms with van der Waals surface area (Å²) in [4.78, 5) is 28.0. The Morgan fingerprint density at radius 2 is 1.76 bits per heavy atom. The molecule has 1 amide bonds. The van der Waals surface area contributed by atoms with Crippen LogP contribution in [0.5, 0.6) is 0 Å². The first-order valence-electron chi connectivity index (χ1n) is 5.90. The normalized spacial score (nSPS) is 10.8. The Labute approximate surface area is 135 Å². The van der Waals surface area contributed by atoms with Crippen LogP contribution in [0, 0.1) is 0 Å². The maximum atomic E-state index is 12.3. The number of nitrogens with zero attached hydrogens (tertiary/aromatic N) is 4. The Morgan fingerprint density at radius 3 is 2.33 bits per heavy atom. The van der Waals surface area contributed by atoms with E-state index in [2.05, 4.69) is 25.3 Å². The van der Waals surface area contributed by atoms with E-state index in [1.807, 2.05) is 13.8 Å². The van der Waals surface area contributed by atoms with Gasteiger partial charge in [-0.3, -0.25) is 4.79 Å². The van der Waals surface area contributed by atoms with Gasteiger partial charge in [-0.15, -0.1) is 0 Å². The van der Waals surface area contributed by atoms with Crippen molar-refractivity contribution in [3.8, 4) is 0 Å². The van der Waals surface area contributed by atoms with Crippen molar-refractivity contribution in [2.75, 3.05) is 5.32 Å². The van der Waals surface area contributed by atoms with E-state index in [-0.39, 0.29) is 32.6 Å². The fourth-order valence-corrected chi connectivity index (χ4v) is 2.02. The van der Waals surface area contributed by atoms with Gasteiger partial charge in [-0.25, -0.2) is 19.9 Å². The monoisotopic (exact) mass is 345 g/mol. The van der Waals surface area contributed by atoms with Gasteiger partial charge in [0.1, 0.15) is 17.8 Å². The summed E-state index contributed by atoms with van der Waals surface area (Å²) in [5, 5.41) is 2.68. The van der Waals surface area contributed by atoms with Gasteiger partial charge in [-0.05, 0) is 0 Å². The lowest BCUT2D eigenvalue weighted by molar-refractivity contribution is 0.102. The van der Waals surface area contributed by atoms with Crippen LogP contribution in [0.1, 0.15) is 36.1 Å². The molecule has 2 aromatic rings. The minimum atomic E-state index is -0.567. The molecule has 0 atom stereocenters. The molecule has 0 saturated carbocycles. The second kappa shape index (κ2) is 6.51. The van der Waals surface area contributed by atoms with Crippen LogP contribution in [0.4, 0.5) is 5.69 Å². The molecule has 2 heterocycles. The van der Waals surface area contributed by atoms with E-state index in [0.29, 0.717) is 5.82 Å². The van der Waals surface area contributed by atoms with Gasteiger partial charge in [0.15, 0.2) is 16.0 Å². The number of nitrogens with one attached hydrogen (secondary N) is 1. The molecule has 0 saturated heterocycles. The first-order chi connectivity index (χ1) is 9.90. The molecule has 0 aliphatic rings. The first-order valence-corrected chi connectivity index (χ1v) is 7.03. The van der Waals surface area contributed by atoms with E-state index in [1.54, 1.807) is 0 Å². The highest BCUT2D eigenvalue weighted by Crippen LogP contribution is 2.27. The molecule has 2 aromatic heterocycles. The molecule has 0 spiro atoms. The SMILES string of the molecule is CC(C)c1ncc(Cl)c(C(=O)Nc2c(Cl)ncnc2Cl)n1. The Bertz CT molecular complexity index is 672. The molecule has 0 bridgehead atoms. The van der Waals surface area contributed by atoms with E-state index >= 15 is 0 Å². The summed E-state index contributed by atoms with van der Waals surface area (Å²) >= 11 is 17.7. The largest absolute Gasteiger partial charge is 0.315 e. The van der Waals surface area contributed by atoms with Crippen molar-refractivity contribution in [2.24, 2.45) is 0 Å². The van der Waals surface area contributed by atoms with Crippen LogP contribution in [0.15, 0.2) is 12.5 Å². The average molecular weight is 347 g/mol. The maximum Gasteiger partial charge on any atom is 0.276 e. The van der Waals surface area contributed by atoms with Crippen LogP contribution in [-0.2, 0) is 0 Å². The molecule has 9 heteroatoms. The molecular formula is C12H10Cl3N5O. The molecule has 0 aliphatic heterocycles. The first kappa shape index (κ1) is 15.9. The Hall–Kier alpha value is -1.50. The van der Waals surface area contributed by atoms with Gasteiger partial charge >= 0.3 is 0 Å². The highest BCUT2D eigenvalue weighted by atomic mass is 35.5. The van der Waals surface area contributed by atoms with Crippen molar-refractivity contribution >= 4 is 46.4 Å². The number of aromatic nitrogens is 4. The van der Waals surface area contributed by atoms with Gasteiger partial charge in [0, 0.05) is 5.92 Å². The Morgan fingerprint density at radius 1 is 1.14 bits per heavy atom. The standard InChI is InChI=1S/C12H10Cl3N5O/c1-5(2)11-16-3-6(13)7(19-11)12(21)20-8-9(14)17-4-18-10(8)15/h3-5H,1-2H3,(H,20,21). The molecule has 0 unspecified atom stereocenters. The summed E-state index contributed by atoms with van der Waals surface area (Å²) in [6.45, 7) is 3.81. The van der Waals surface area contributed by atoms with E-state index in [1.165, 1.54) is 12.5 Å². The van der Waals surface area contributed by atoms with Crippen LogP contribution in [0.25, 0.3) is 0 Å². The molecule has 0 aliphatic carbocycles. The third-order valence-electron chi connectivity index (χ3n) is 2.49. The van der Waals surface area contributed by atoms with Crippen LogP contribution >= 0.6 is 34.8 Å². The van der Waals surface area contributed by atoms with Gasteiger partial charge in [0.05, 0.1) is 11.2 Å². The summed E-state index contributed by atoms with van der Waals surface area (Å²) in [5.41, 5.74) is 0.137. The predicted molar refractivity (Wildman–Crippen MR) is 81.1 cm³/mol. The fraction of sp³-hybridized carbons (Fsp3) is 0.250. The summed E-state index contributed by atoms with van der Waals surface area (Å²) in [6, 6.07) is 0. The van der Waals surface area contributed by atoms with Crippen LogP contribution in [-0.4, -0.2) is 25.8 Å². The predicted octanol–water partition coefficient (Wildman–Crippen LogP) is 3.60. The van der Waals surface area contributed by atoms with Gasteiger partial charge < -0.3 is 5.32 Å². The molecule has 0 aromatic carbocycles. The summed E-state index contributed by atoms with van der Waals surface area (Å²) in [7, 11) is 0. The van der Waals surface area contributed by atoms with E-state index in [9.17, 15) is 4.79 Å². The number of amides is 1. The van der Waals surface area contributed by atoms with Crippen molar-refractivity contribution < 1.29 is 4.79 Å². The average Bonchev–Trinajstić information content (AvgIpc) is 2.43. The second-order valence-electron chi connectivity index (χ2n) is 4.36. The topological polar surface area (TPSA) is 80.7 Å². The van der Waals surface area contributed by atoms with Crippen molar-refractivity contribution in [2.45, 2.75) is 19.8 Å². The summed E-state index contributed by atoms with van der Waals surface area (Å²) in [6.07, 6.45) is 2.57.